The molecule has 10 rings (SSSR count). The molecule has 0 saturated heterocycles. The zero-order valence-electron chi connectivity index (χ0n) is 44.9. The van der Waals surface area contributed by atoms with E-state index in [9.17, 15) is 38.4 Å². The Bertz CT molecular complexity index is 3650. The summed E-state index contributed by atoms with van der Waals surface area (Å²) in [5.41, 5.74) is 7.42. The van der Waals surface area contributed by atoms with Gasteiger partial charge in [0, 0.05) is 125 Å². The van der Waals surface area contributed by atoms with E-state index in [2.05, 4.69) is 102 Å². The summed E-state index contributed by atoms with van der Waals surface area (Å²) in [7, 11) is 10.6. The largest absolute Gasteiger partial charge is 0.475 e. The first-order chi connectivity index (χ1) is 36.9. The van der Waals surface area contributed by atoms with Crippen molar-refractivity contribution >= 4 is 112 Å². The van der Waals surface area contributed by atoms with Crippen molar-refractivity contribution in [2.75, 3.05) is 42.3 Å². The minimum absolute atomic E-state index is 0. The predicted molar refractivity (Wildman–Crippen MR) is 312 cm³/mol. The molecule has 2 amide bonds. The number of carboxylic acids is 1. The zero-order chi connectivity index (χ0) is 57.2. The Labute approximate surface area is 461 Å². The van der Waals surface area contributed by atoms with Crippen LogP contribution in [-0.2, 0) is 24.6 Å². The van der Waals surface area contributed by atoms with Gasteiger partial charge in [-0.15, -0.1) is 0 Å². The average molecular weight is 1090 g/mol. The Morgan fingerprint density at radius 3 is 0.962 bits per heavy atom. The fourth-order valence-corrected chi connectivity index (χ4v) is 8.47. The Hall–Kier alpha value is -9.19. The molecule has 79 heavy (non-hydrogen) atoms. The number of likely N-dealkylation sites (N-methyl/N-ethyl adjacent to an activating group) is 3. The second-order valence-corrected chi connectivity index (χ2v) is 20.0. The van der Waals surface area contributed by atoms with E-state index in [0.717, 1.165) is 32.8 Å². The summed E-state index contributed by atoms with van der Waals surface area (Å²) in [6.07, 6.45) is 8.23. The number of rotatable bonds is 11. The van der Waals surface area contributed by atoms with Crippen LogP contribution in [0.25, 0.3) is 54.5 Å². The Morgan fingerprint density at radius 1 is 0.405 bits per heavy atom. The number of nitrogens with one attached hydrogen (secondary N) is 5. The topological polar surface area (TPSA) is 245 Å². The monoisotopic (exact) mass is 1090 g/mol. The van der Waals surface area contributed by atoms with Gasteiger partial charge >= 0.3 is 5.97 Å². The average Bonchev–Trinajstić information content (AvgIpc) is 4.35. The van der Waals surface area contributed by atoms with E-state index < -0.39 is 46.2 Å². The number of hydrogen-bond acceptors (Lipinski definition) is 9. The number of hydrogen-bond donors (Lipinski definition) is 6. The number of fused-ring (bicyclic) bond motifs is 5. The van der Waals surface area contributed by atoms with Crippen molar-refractivity contribution in [3.8, 4) is 0 Å². The van der Waals surface area contributed by atoms with Gasteiger partial charge in [0.05, 0.1) is 22.3 Å². The van der Waals surface area contributed by atoms with Crippen molar-refractivity contribution in [1.82, 2.24) is 39.6 Å². The molecule has 0 radical (unpaired) electrons. The molecule has 10 aromatic rings. The van der Waals surface area contributed by atoms with Crippen molar-refractivity contribution < 1.29 is 43.5 Å². The van der Waals surface area contributed by atoms with Gasteiger partial charge < -0.3 is 44.7 Å². The van der Waals surface area contributed by atoms with Gasteiger partial charge in [0.15, 0.2) is 0 Å². The lowest BCUT2D eigenvalue weighted by Crippen LogP contribution is -2.52. The van der Waals surface area contributed by atoms with Gasteiger partial charge in [0.25, 0.3) is 34.4 Å². The summed E-state index contributed by atoms with van der Waals surface area (Å²) < 4.78 is 0. The van der Waals surface area contributed by atoms with E-state index in [1.165, 1.54) is 38.7 Å². The van der Waals surface area contributed by atoms with Crippen molar-refractivity contribution in [3.05, 3.63) is 180 Å². The Morgan fingerprint density at radius 2 is 0.671 bits per heavy atom. The smallest absolute Gasteiger partial charge is 0.377 e. The number of H-pyrrole nitrogens is 5. The molecule has 0 saturated carbocycles. The van der Waals surface area contributed by atoms with Crippen molar-refractivity contribution in [2.24, 2.45) is 0 Å². The van der Waals surface area contributed by atoms with E-state index in [4.69, 9.17) is 16.7 Å². The molecule has 0 unspecified atom stereocenters. The number of Topliss-reactive ketones (excluding diaryl/α,β-unsaturated/α-hetero) is 4. The number of nitrogens with zero attached hydrogens (tertiary/aromatic N) is 3. The van der Waals surface area contributed by atoms with Gasteiger partial charge in [0.2, 0.25) is 5.78 Å². The number of benzene rings is 5. The summed E-state index contributed by atoms with van der Waals surface area (Å²) in [5.74, 6) is -4.99. The van der Waals surface area contributed by atoms with Crippen LogP contribution in [0.1, 0.15) is 82.1 Å². The lowest BCUT2D eigenvalue weighted by atomic mass is 9.69. The predicted octanol–water partition coefficient (Wildman–Crippen LogP) is 10.9. The maximum Gasteiger partial charge on any atom is 0.377 e. The number of amides is 2. The fraction of sp³-hybridized carbons (Fsp3) is 0.213. The normalized spacial score (nSPS) is 10.9. The van der Waals surface area contributed by atoms with E-state index in [-0.39, 0.29) is 23.9 Å². The lowest BCUT2D eigenvalue weighted by Gasteiger charge is -2.46. The number of carboxylic acid groups (broad SMARTS) is 1. The van der Waals surface area contributed by atoms with Crippen LogP contribution in [0.2, 0.25) is 0 Å². The second kappa shape index (κ2) is 25.8. The number of aromatic nitrogens is 5. The third-order valence-corrected chi connectivity index (χ3v) is 14.0. The molecule has 6 N–H and O–H groups in total. The van der Waals surface area contributed by atoms with Gasteiger partial charge in [-0.05, 0) is 75.4 Å². The van der Waals surface area contributed by atoms with Crippen LogP contribution in [0.3, 0.4) is 0 Å². The van der Waals surface area contributed by atoms with Crippen LogP contribution < -0.4 is 0 Å². The van der Waals surface area contributed by atoms with Crippen LogP contribution in [0.4, 0.5) is 0 Å². The second-order valence-electron chi connectivity index (χ2n) is 19.6. The zero-order valence-corrected chi connectivity index (χ0v) is 45.6. The molecule has 0 spiro atoms. The number of aliphatic carboxylic acids is 1. The lowest BCUT2D eigenvalue weighted by molar-refractivity contribution is -0.131. The van der Waals surface area contributed by atoms with Gasteiger partial charge in [-0.3, -0.25) is 33.6 Å². The molecule has 5 aromatic carbocycles. The molecule has 17 nitrogen and oxygen atoms in total. The minimum atomic E-state index is -1.44. The van der Waals surface area contributed by atoms with Crippen LogP contribution >= 0.6 is 11.6 Å². The SMILES string of the molecule is C.CN(C)C(=O)C(=O)c1c[nH]c2ccccc12.CN(C)C(=O)C(=O)c1c[nH]c2ccccc12.CN(C)C(C)(C)C(C)(C)c1c[nH]c2ccccc12.O=C(Cl)C(=O)c1c[nH]c2ccccc12.O=C(O)C(=O)c1c[nH]c2ccccc12. The highest BCUT2D eigenvalue weighted by Gasteiger charge is 2.41. The molecule has 5 aromatic heterocycles. The molecule has 0 atom stereocenters. The van der Waals surface area contributed by atoms with Gasteiger partial charge in [-0.2, -0.15) is 0 Å². The summed E-state index contributed by atoms with van der Waals surface area (Å²) in [6.45, 7) is 9.24. The molecule has 0 aliphatic carbocycles. The third kappa shape index (κ3) is 13.3. The maximum absolute atomic E-state index is 11.9. The van der Waals surface area contributed by atoms with E-state index in [1.807, 2.05) is 66.7 Å². The van der Waals surface area contributed by atoms with Crippen molar-refractivity contribution in [3.63, 3.8) is 0 Å². The van der Waals surface area contributed by atoms with Crippen LogP contribution in [0, 0.1) is 0 Å². The summed E-state index contributed by atoms with van der Waals surface area (Å²) >= 11 is 5.12. The molecule has 5 heterocycles. The fourth-order valence-electron chi connectivity index (χ4n) is 8.37. The molecule has 0 fully saturated rings. The highest BCUT2D eigenvalue weighted by molar-refractivity contribution is 6.83. The number of aromatic amines is 5. The molecule has 410 valence electrons. The van der Waals surface area contributed by atoms with E-state index in [1.54, 1.807) is 70.9 Å². The number of halogens is 1. The molecular formula is C61H65ClN8O9. The summed E-state index contributed by atoms with van der Waals surface area (Å²) in [4.78, 5) is 110. The Balaban J connectivity index is 0.000000182. The first kappa shape index (κ1) is 60.7. The molecule has 18 heteroatoms. The Kier molecular flexibility index (Phi) is 19.8. The summed E-state index contributed by atoms with van der Waals surface area (Å²) in [5, 5.41) is 11.8. The maximum atomic E-state index is 11.9. The highest BCUT2D eigenvalue weighted by Crippen LogP contribution is 2.41. The first-order valence-electron chi connectivity index (χ1n) is 24.4. The minimum Gasteiger partial charge on any atom is -0.475 e. The first-order valence-corrected chi connectivity index (χ1v) is 24.8. The van der Waals surface area contributed by atoms with Crippen LogP contribution in [-0.4, -0.2) is 139 Å². The standard InChI is InChI=1S/C16H24N2.2C12H12N2O2.C10H6ClNO2.C10H7NO3.CH4/c1-15(2,16(3,4)18(5)6)13-11-17-14-10-8-7-9-12(13)14;2*1-14(2)12(16)11(15)9-7-13-10-6-4-3-5-8(9)10;11-10(14)9(13)7-5-12-8-4-2-1-3-6(7)8;12-9(10(13)14)7-5-11-8-4-2-1-3-6(7)8;/h7-11,17H,1-6H3;2*3-7,13H,1-2H3;1-5,12H;1-5,11H,(H,13,14);1H4. The van der Waals surface area contributed by atoms with Gasteiger partial charge in [-0.25, -0.2) is 4.79 Å². The molecule has 0 aliphatic heterocycles. The molecular weight excluding hydrogens is 1020 g/mol. The van der Waals surface area contributed by atoms with Crippen molar-refractivity contribution in [1.29, 1.82) is 0 Å². The van der Waals surface area contributed by atoms with E-state index >= 15 is 0 Å². The number of carbonyl (C=O) groups is 8. The van der Waals surface area contributed by atoms with E-state index in [0.29, 0.717) is 27.5 Å². The quantitative estimate of drug-likeness (QED) is 0.0406. The van der Waals surface area contributed by atoms with Crippen molar-refractivity contribution in [2.45, 2.75) is 46.1 Å². The molecule has 0 bridgehead atoms. The van der Waals surface area contributed by atoms with Gasteiger partial charge in [0.1, 0.15) is 0 Å². The number of para-hydroxylation sites is 5. The third-order valence-electron chi connectivity index (χ3n) is 13.8. The molecule has 0 aliphatic rings. The van der Waals surface area contributed by atoms with Gasteiger partial charge in [-0.1, -0.05) is 112 Å². The van der Waals surface area contributed by atoms with Crippen LogP contribution in [0.15, 0.2) is 152 Å². The highest BCUT2D eigenvalue weighted by atomic mass is 35.5. The van der Waals surface area contributed by atoms with Crippen LogP contribution in [0.5, 0.6) is 0 Å². The number of carbonyl (C=O) groups excluding carboxylic acids is 7. The summed E-state index contributed by atoms with van der Waals surface area (Å²) in [6, 6.07) is 37.6. The number of ketones is 4.